The van der Waals surface area contributed by atoms with E-state index >= 15 is 0 Å². The highest BCUT2D eigenvalue weighted by molar-refractivity contribution is 7.90. The van der Waals surface area contributed by atoms with Crippen LogP contribution in [0.15, 0.2) is 47.5 Å². The topological polar surface area (TPSA) is 76.1 Å². The average Bonchev–Trinajstić information content (AvgIpc) is 2.46. The van der Waals surface area contributed by atoms with E-state index in [-0.39, 0.29) is 16.1 Å². The summed E-state index contributed by atoms with van der Waals surface area (Å²) < 4.78 is 60.1. The Hall–Kier alpha value is -2.42. The third-order valence-electron chi connectivity index (χ3n) is 2.84. The van der Waals surface area contributed by atoms with Gasteiger partial charge in [0.15, 0.2) is 9.84 Å². The Morgan fingerprint density at radius 2 is 1.87 bits per heavy atom. The molecule has 1 aromatic heterocycles. The molecule has 0 aliphatic carbocycles. The Morgan fingerprint density at radius 3 is 2.39 bits per heavy atom. The first-order chi connectivity index (χ1) is 10.6. The van der Waals surface area contributed by atoms with E-state index < -0.39 is 27.6 Å². The maximum atomic E-state index is 12.4. The third-order valence-corrected chi connectivity index (χ3v) is 3.95. The fourth-order valence-electron chi connectivity index (χ4n) is 1.70. The predicted molar refractivity (Wildman–Crippen MR) is 76.7 cm³/mol. The quantitative estimate of drug-likeness (QED) is 0.929. The molecule has 0 radical (unpaired) electrons. The highest BCUT2D eigenvalue weighted by Gasteiger charge is 2.32. The molecule has 2 rings (SSSR count). The minimum atomic E-state index is -4.58. The molecule has 0 aliphatic rings. The van der Waals surface area contributed by atoms with E-state index in [1.54, 1.807) is 0 Å². The molecule has 5 nitrogen and oxygen atoms in total. The molecule has 0 bridgehead atoms. The highest BCUT2D eigenvalue weighted by atomic mass is 32.2. The highest BCUT2D eigenvalue weighted by Crippen LogP contribution is 2.27. The lowest BCUT2D eigenvalue weighted by atomic mass is 10.2. The molecule has 0 fully saturated rings. The number of hydrogen-bond acceptors (Lipinski definition) is 4. The number of pyridine rings is 1. The molecule has 1 N–H and O–H groups in total. The summed E-state index contributed by atoms with van der Waals surface area (Å²) in [7, 11) is -3.44. The molecule has 0 unspecified atom stereocenters. The molecule has 9 heteroatoms. The van der Waals surface area contributed by atoms with E-state index in [1.165, 1.54) is 24.3 Å². The summed E-state index contributed by atoms with van der Waals surface area (Å²) in [5.74, 6) is -0.697. The van der Waals surface area contributed by atoms with Gasteiger partial charge in [-0.05, 0) is 30.3 Å². The smallest absolute Gasteiger partial charge is 0.322 e. The first-order valence-corrected chi connectivity index (χ1v) is 8.11. The van der Waals surface area contributed by atoms with Gasteiger partial charge in [-0.3, -0.25) is 9.78 Å². The van der Waals surface area contributed by atoms with Gasteiger partial charge in [0.05, 0.1) is 10.5 Å². The largest absolute Gasteiger partial charge is 0.433 e. The Kier molecular flexibility index (Phi) is 4.42. The third kappa shape index (κ3) is 4.28. The van der Waals surface area contributed by atoms with Crippen molar-refractivity contribution >= 4 is 21.4 Å². The van der Waals surface area contributed by atoms with Gasteiger partial charge in [-0.15, -0.1) is 0 Å². The van der Waals surface area contributed by atoms with Gasteiger partial charge >= 0.3 is 6.18 Å². The zero-order valence-electron chi connectivity index (χ0n) is 11.8. The summed E-state index contributed by atoms with van der Waals surface area (Å²) in [4.78, 5) is 15.2. The number of hydrogen-bond donors (Lipinski definition) is 1. The monoisotopic (exact) mass is 344 g/mol. The SMILES string of the molecule is CS(=O)(=O)c1cccc(NC(=O)c2ccc(C(F)(F)F)nc2)c1. The van der Waals surface area contributed by atoms with Crippen LogP contribution >= 0.6 is 0 Å². The molecule has 0 saturated carbocycles. The van der Waals surface area contributed by atoms with E-state index in [1.807, 2.05) is 0 Å². The number of alkyl halides is 3. The van der Waals surface area contributed by atoms with Crippen LogP contribution in [0.1, 0.15) is 16.1 Å². The van der Waals surface area contributed by atoms with Gasteiger partial charge in [0.1, 0.15) is 5.69 Å². The van der Waals surface area contributed by atoms with E-state index in [9.17, 15) is 26.4 Å². The number of amides is 1. The molecular weight excluding hydrogens is 333 g/mol. The van der Waals surface area contributed by atoms with Crippen LogP contribution in [0, 0.1) is 0 Å². The number of nitrogens with one attached hydrogen (secondary N) is 1. The van der Waals surface area contributed by atoms with Gasteiger partial charge in [-0.1, -0.05) is 6.07 Å². The van der Waals surface area contributed by atoms with Gasteiger partial charge in [-0.2, -0.15) is 13.2 Å². The van der Waals surface area contributed by atoms with Crippen molar-refractivity contribution in [2.24, 2.45) is 0 Å². The number of benzene rings is 1. The lowest BCUT2D eigenvalue weighted by Crippen LogP contribution is -2.14. The number of carbonyl (C=O) groups is 1. The van der Waals surface area contributed by atoms with Crippen LogP contribution in [0.25, 0.3) is 0 Å². The molecule has 122 valence electrons. The van der Waals surface area contributed by atoms with Crippen molar-refractivity contribution in [1.29, 1.82) is 0 Å². The summed E-state index contributed by atoms with van der Waals surface area (Å²) in [6.45, 7) is 0. The molecule has 0 aliphatic heterocycles. The van der Waals surface area contributed by atoms with E-state index in [4.69, 9.17) is 0 Å². The molecule has 1 amide bonds. The summed E-state index contributed by atoms with van der Waals surface area (Å²) in [5.41, 5.74) is -0.978. The van der Waals surface area contributed by atoms with Crippen molar-refractivity contribution in [2.45, 2.75) is 11.1 Å². The van der Waals surface area contributed by atoms with Gasteiger partial charge < -0.3 is 5.32 Å². The Labute approximate surface area is 130 Å². The number of halogens is 3. The van der Waals surface area contributed by atoms with Gasteiger partial charge in [-0.25, -0.2) is 8.42 Å². The van der Waals surface area contributed by atoms with Crippen LogP contribution in [0.5, 0.6) is 0 Å². The van der Waals surface area contributed by atoms with Crippen LogP contribution in [0.3, 0.4) is 0 Å². The first-order valence-electron chi connectivity index (χ1n) is 6.22. The second-order valence-electron chi connectivity index (χ2n) is 4.68. The van der Waals surface area contributed by atoms with E-state index in [2.05, 4.69) is 10.3 Å². The number of nitrogens with zero attached hydrogens (tertiary/aromatic N) is 1. The number of rotatable bonds is 3. The zero-order valence-corrected chi connectivity index (χ0v) is 12.6. The Balaban J connectivity index is 2.20. The molecule has 0 spiro atoms. The second kappa shape index (κ2) is 5.99. The normalized spacial score (nSPS) is 12.0. The average molecular weight is 344 g/mol. The Bertz CT molecular complexity index is 831. The molecular formula is C14H11F3N2O3S. The van der Waals surface area contributed by atoms with E-state index in [0.29, 0.717) is 6.07 Å². The van der Waals surface area contributed by atoms with Crippen molar-refractivity contribution < 1.29 is 26.4 Å². The summed E-state index contributed by atoms with van der Waals surface area (Å²) in [6, 6.07) is 7.21. The minimum absolute atomic E-state index is 0.0147. The van der Waals surface area contributed by atoms with Crippen molar-refractivity contribution in [3.05, 3.63) is 53.9 Å². The number of sulfone groups is 1. The lowest BCUT2D eigenvalue weighted by molar-refractivity contribution is -0.141. The van der Waals surface area contributed by atoms with Crippen LogP contribution in [-0.2, 0) is 16.0 Å². The summed E-state index contributed by atoms with van der Waals surface area (Å²) in [5, 5.41) is 2.40. The number of carbonyl (C=O) groups excluding carboxylic acids is 1. The predicted octanol–water partition coefficient (Wildman–Crippen LogP) is 2.76. The van der Waals surface area contributed by atoms with Crippen molar-refractivity contribution in [2.75, 3.05) is 11.6 Å². The minimum Gasteiger partial charge on any atom is -0.322 e. The molecule has 0 atom stereocenters. The van der Waals surface area contributed by atoms with E-state index in [0.717, 1.165) is 18.5 Å². The van der Waals surface area contributed by atoms with Crippen LogP contribution in [0.2, 0.25) is 0 Å². The standard InChI is InChI=1S/C14H11F3N2O3S/c1-23(21,22)11-4-2-3-10(7-11)19-13(20)9-5-6-12(18-8-9)14(15,16)17/h2-8H,1H3,(H,19,20). The molecule has 0 saturated heterocycles. The van der Waals surface area contributed by atoms with Gasteiger partial charge in [0.2, 0.25) is 0 Å². The van der Waals surface area contributed by atoms with Crippen LogP contribution in [-0.4, -0.2) is 25.6 Å². The van der Waals surface area contributed by atoms with Gasteiger partial charge in [0.25, 0.3) is 5.91 Å². The van der Waals surface area contributed by atoms with Gasteiger partial charge in [0, 0.05) is 18.1 Å². The van der Waals surface area contributed by atoms with Crippen molar-refractivity contribution in [3.8, 4) is 0 Å². The number of anilines is 1. The van der Waals surface area contributed by atoms with Crippen LogP contribution in [0.4, 0.5) is 18.9 Å². The summed E-state index contributed by atoms with van der Waals surface area (Å²) in [6.07, 6.45) is -2.76. The van der Waals surface area contributed by atoms with Crippen LogP contribution < -0.4 is 5.32 Å². The van der Waals surface area contributed by atoms with Crippen molar-refractivity contribution in [3.63, 3.8) is 0 Å². The zero-order chi connectivity index (χ0) is 17.3. The second-order valence-corrected chi connectivity index (χ2v) is 6.70. The maximum absolute atomic E-state index is 12.4. The first kappa shape index (κ1) is 16.9. The number of aromatic nitrogens is 1. The molecule has 2 aromatic rings. The Morgan fingerprint density at radius 1 is 1.17 bits per heavy atom. The summed E-state index contributed by atoms with van der Waals surface area (Å²) >= 11 is 0. The maximum Gasteiger partial charge on any atom is 0.433 e. The lowest BCUT2D eigenvalue weighted by Gasteiger charge is -2.08. The molecule has 1 aromatic carbocycles. The fraction of sp³-hybridized carbons (Fsp3) is 0.143. The molecule has 23 heavy (non-hydrogen) atoms. The fourth-order valence-corrected chi connectivity index (χ4v) is 2.37. The molecule has 1 heterocycles. The van der Waals surface area contributed by atoms with Crippen molar-refractivity contribution in [1.82, 2.24) is 4.98 Å².